The minimum Gasteiger partial charge on any atom is -0.477 e. The minimum atomic E-state index is -1.53. The summed E-state index contributed by atoms with van der Waals surface area (Å²) in [4.78, 5) is 38.7. The Morgan fingerprint density at radius 2 is 2.32 bits per heavy atom. The molecule has 3 rings (SSSR count). The number of amides is 2. The molecular weight excluding hydrogens is 432 g/mol. The molecule has 10 heteroatoms. The maximum atomic E-state index is 12.7. The average Bonchev–Trinajstić information content (AvgIpc) is 3.10. The summed E-state index contributed by atoms with van der Waals surface area (Å²) in [5.74, 6) is -1.64. The molecule has 25 heavy (non-hydrogen) atoms. The lowest BCUT2D eigenvalue weighted by atomic mass is 9.98. The first-order chi connectivity index (χ1) is 11.9. The summed E-state index contributed by atoms with van der Waals surface area (Å²) in [6, 6.07) is 3.68. The van der Waals surface area contributed by atoms with E-state index in [0.717, 1.165) is 4.88 Å². The lowest BCUT2D eigenvalue weighted by Gasteiger charge is -2.55. The molecule has 0 radical (unpaired) electrons. The highest BCUT2D eigenvalue weighted by Crippen LogP contribution is 2.46. The van der Waals surface area contributed by atoms with Crippen LogP contribution in [0.2, 0.25) is 0 Å². The van der Waals surface area contributed by atoms with Crippen molar-refractivity contribution in [1.29, 1.82) is 0 Å². The lowest BCUT2D eigenvalue weighted by molar-refractivity contribution is -0.192. The second kappa shape index (κ2) is 7.10. The number of aliphatic carboxylic acids is 1. The number of nitrogens with one attached hydrogen (secondary N) is 1. The highest BCUT2D eigenvalue weighted by Gasteiger charge is 2.66. The van der Waals surface area contributed by atoms with Gasteiger partial charge in [0, 0.05) is 23.1 Å². The summed E-state index contributed by atoms with van der Waals surface area (Å²) in [5.41, 5.74) is -0.945. The van der Waals surface area contributed by atoms with Gasteiger partial charge in [-0.1, -0.05) is 22.0 Å². The van der Waals surface area contributed by atoms with Gasteiger partial charge in [-0.3, -0.25) is 14.5 Å². The molecule has 0 saturated carbocycles. The molecule has 3 heterocycles. The third-order valence-electron chi connectivity index (χ3n) is 4.04. The van der Waals surface area contributed by atoms with E-state index < -0.39 is 23.0 Å². The number of hydrogen-bond donors (Lipinski definition) is 2. The molecule has 1 aromatic heterocycles. The summed E-state index contributed by atoms with van der Waals surface area (Å²) in [6.07, 6.45) is 0.141. The molecular formula is C15H15BrN2O5S2. The molecule has 2 aliphatic rings. The van der Waals surface area contributed by atoms with Crippen molar-refractivity contribution in [3.63, 3.8) is 0 Å². The zero-order chi connectivity index (χ0) is 18.2. The predicted octanol–water partition coefficient (Wildman–Crippen LogP) is 1.40. The molecule has 134 valence electrons. The van der Waals surface area contributed by atoms with E-state index in [-0.39, 0.29) is 18.0 Å². The van der Waals surface area contributed by atoms with Crippen LogP contribution in [0.15, 0.2) is 28.8 Å². The highest BCUT2D eigenvalue weighted by molar-refractivity contribution is 9.09. The van der Waals surface area contributed by atoms with Crippen molar-refractivity contribution in [2.45, 2.75) is 17.5 Å². The molecule has 1 aromatic rings. The maximum absolute atomic E-state index is 12.7. The second-order valence-corrected chi connectivity index (χ2v) is 8.14. The van der Waals surface area contributed by atoms with Gasteiger partial charge in [-0.25, -0.2) is 4.79 Å². The monoisotopic (exact) mass is 446 g/mol. The van der Waals surface area contributed by atoms with Crippen LogP contribution in [0, 0.1) is 0 Å². The number of nitrogens with zero attached hydrogens (tertiary/aromatic N) is 1. The zero-order valence-corrected chi connectivity index (χ0v) is 16.4. The van der Waals surface area contributed by atoms with Gasteiger partial charge in [0.1, 0.15) is 11.1 Å². The summed E-state index contributed by atoms with van der Waals surface area (Å²) in [6.45, 7) is 0. The van der Waals surface area contributed by atoms with Gasteiger partial charge in [0.05, 0.1) is 6.42 Å². The Morgan fingerprint density at radius 1 is 1.56 bits per heavy atom. The van der Waals surface area contributed by atoms with Crippen LogP contribution in [0.1, 0.15) is 4.88 Å². The summed E-state index contributed by atoms with van der Waals surface area (Å²) in [7, 11) is 1.34. The standard InChI is InChI=1S/C15H15BrN2O5S2/c1-23-15(17-10(19)5-9-3-2-4-24-9)13(22)18-11(12(20)21)8(6-16)7-25-14(15)18/h2-4,14H,5-7H2,1H3,(H,17,19)(H,20,21)/t14-,15?/m1/s1. The zero-order valence-electron chi connectivity index (χ0n) is 13.2. The lowest BCUT2D eigenvalue weighted by Crippen LogP contribution is -2.80. The second-order valence-electron chi connectivity index (χ2n) is 5.47. The van der Waals surface area contributed by atoms with Crippen molar-refractivity contribution >= 4 is 56.8 Å². The fraction of sp³-hybridized carbons (Fsp3) is 0.400. The van der Waals surface area contributed by atoms with Crippen LogP contribution in [0.5, 0.6) is 0 Å². The minimum absolute atomic E-state index is 0.0363. The number of carbonyl (C=O) groups is 3. The van der Waals surface area contributed by atoms with E-state index in [0.29, 0.717) is 16.7 Å². The number of carbonyl (C=O) groups excluding carboxylic acids is 2. The van der Waals surface area contributed by atoms with Crippen molar-refractivity contribution in [2.24, 2.45) is 0 Å². The number of ether oxygens (including phenoxy) is 1. The first-order valence-corrected chi connectivity index (χ1v) is 10.3. The Bertz CT molecular complexity index is 751. The number of thioether (sulfide) groups is 1. The number of carboxylic acids is 1. The first-order valence-electron chi connectivity index (χ1n) is 7.29. The van der Waals surface area contributed by atoms with Gasteiger partial charge < -0.3 is 15.2 Å². The smallest absolute Gasteiger partial charge is 0.352 e. The molecule has 2 amide bonds. The van der Waals surface area contributed by atoms with Gasteiger partial charge in [-0.2, -0.15) is 0 Å². The first kappa shape index (κ1) is 18.4. The van der Waals surface area contributed by atoms with Crippen molar-refractivity contribution in [2.75, 3.05) is 18.2 Å². The summed E-state index contributed by atoms with van der Waals surface area (Å²) < 4.78 is 5.37. The van der Waals surface area contributed by atoms with E-state index in [1.165, 1.54) is 35.1 Å². The highest BCUT2D eigenvalue weighted by atomic mass is 79.9. The Kier molecular flexibility index (Phi) is 5.24. The molecule has 2 aliphatic heterocycles. The van der Waals surface area contributed by atoms with E-state index in [2.05, 4.69) is 21.2 Å². The molecule has 7 nitrogen and oxygen atoms in total. The van der Waals surface area contributed by atoms with Gasteiger partial charge >= 0.3 is 5.97 Å². The van der Waals surface area contributed by atoms with Crippen LogP contribution in [0.25, 0.3) is 0 Å². The molecule has 0 spiro atoms. The van der Waals surface area contributed by atoms with Gasteiger partial charge in [0.2, 0.25) is 5.91 Å². The quantitative estimate of drug-likeness (QED) is 0.389. The average molecular weight is 447 g/mol. The van der Waals surface area contributed by atoms with Gasteiger partial charge in [0.15, 0.2) is 0 Å². The van der Waals surface area contributed by atoms with Crippen LogP contribution in [0.3, 0.4) is 0 Å². The number of hydrogen-bond acceptors (Lipinski definition) is 6. The number of halogens is 1. The van der Waals surface area contributed by atoms with Crippen LogP contribution in [0.4, 0.5) is 0 Å². The molecule has 1 saturated heterocycles. The number of rotatable bonds is 6. The van der Waals surface area contributed by atoms with Gasteiger partial charge in [-0.05, 0) is 17.0 Å². The van der Waals surface area contributed by atoms with Crippen LogP contribution in [-0.2, 0) is 25.5 Å². The van der Waals surface area contributed by atoms with Crippen molar-refractivity contribution in [3.05, 3.63) is 33.7 Å². The predicted molar refractivity (Wildman–Crippen MR) is 97.5 cm³/mol. The van der Waals surface area contributed by atoms with Crippen LogP contribution in [-0.4, -0.2) is 57.1 Å². The molecule has 2 atom stereocenters. The van der Waals surface area contributed by atoms with Crippen molar-refractivity contribution < 1.29 is 24.2 Å². The molecule has 0 aliphatic carbocycles. The fourth-order valence-electron chi connectivity index (χ4n) is 2.87. The number of thiophene rings is 1. The van der Waals surface area contributed by atoms with E-state index in [9.17, 15) is 19.5 Å². The van der Waals surface area contributed by atoms with E-state index >= 15 is 0 Å². The summed E-state index contributed by atoms with van der Waals surface area (Å²) in [5, 5.41) is 13.8. The largest absolute Gasteiger partial charge is 0.477 e. The maximum Gasteiger partial charge on any atom is 0.352 e. The Morgan fingerprint density at radius 3 is 2.88 bits per heavy atom. The number of methoxy groups -OCH3 is 1. The summed E-state index contributed by atoms with van der Waals surface area (Å²) >= 11 is 6.08. The van der Waals surface area contributed by atoms with E-state index in [4.69, 9.17) is 4.74 Å². The Labute approximate surface area is 160 Å². The SMILES string of the molecule is COC1(NC(=O)Cc2cccs2)C(=O)N2C(C(=O)O)=C(CBr)CS[C@@H]21. The Balaban J connectivity index is 1.82. The fourth-order valence-corrected chi connectivity index (χ4v) is 5.74. The molecule has 1 fully saturated rings. The molecule has 0 aromatic carbocycles. The van der Waals surface area contributed by atoms with E-state index in [1.54, 1.807) is 0 Å². The third-order valence-corrected chi connectivity index (χ3v) is 6.96. The number of carboxylic acid groups (broad SMARTS) is 1. The number of β-lactam (4-membered cyclic amide) rings is 1. The van der Waals surface area contributed by atoms with Gasteiger partial charge in [0.25, 0.3) is 11.6 Å². The van der Waals surface area contributed by atoms with Crippen LogP contribution < -0.4 is 5.32 Å². The third kappa shape index (κ3) is 3.01. The van der Waals surface area contributed by atoms with Gasteiger partial charge in [-0.15, -0.1) is 23.1 Å². The molecule has 0 bridgehead atoms. The van der Waals surface area contributed by atoms with Crippen LogP contribution >= 0.6 is 39.0 Å². The topological polar surface area (TPSA) is 95.9 Å². The number of alkyl halides is 1. The van der Waals surface area contributed by atoms with Crippen molar-refractivity contribution in [3.8, 4) is 0 Å². The normalized spacial score (nSPS) is 25.4. The molecule has 1 unspecified atom stereocenters. The number of fused-ring (bicyclic) bond motifs is 1. The van der Waals surface area contributed by atoms with E-state index in [1.807, 2.05) is 17.5 Å². The Hall–Kier alpha value is -1.36. The molecule has 2 N–H and O–H groups in total. The van der Waals surface area contributed by atoms with Crippen molar-refractivity contribution in [1.82, 2.24) is 10.2 Å².